The van der Waals surface area contributed by atoms with E-state index in [4.69, 9.17) is 0 Å². The lowest BCUT2D eigenvalue weighted by Gasteiger charge is -2.07. The van der Waals surface area contributed by atoms with E-state index in [1.165, 1.54) is 17.1 Å². The summed E-state index contributed by atoms with van der Waals surface area (Å²) in [5.41, 5.74) is 1.09. The summed E-state index contributed by atoms with van der Waals surface area (Å²) in [6.45, 7) is 0.271. The van der Waals surface area contributed by atoms with Crippen LogP contribution in [-0.4, -0.2) is 25.2 Å². The van der Waals surface area contributed by atoms with Gasteiger partial charge in [0, 0.05) is 29.3 Å². The first-order valence-corrected chi connectivity index (χ1v) is 8.05. The number of hydrogen-bond acceptors (Lipinski definition) is 4. The topological polar surface area (TPSA) is 81.8 Å². The molecule has 8 heteroatoms. The lowest BCUT2D eigenvalue weighted by Crippen LogP contribution is -2.23. The maximum Gasteiger partial charge on any atom is 0.264 e. The van der Waals surface area contributed by atoms with Gasteiger partial charge in [0.2, 0.25) is 5.91 Å². The zero-order chi connectivity index (χ0) is 16.4. The maximum absolute atomic E-state index is 12.3. The minimum absolute atomic E-state index is 0.149. The molecule has 7 nitrogen and oxygen atoms in total. The number of carbonyl (C=O) groups excluding carboxylic acids is 1. The van der Waals surface area contributed by atoms with Crippen molar-refractivity contribution in [3.05, 3.63) is 50.7 Å². The minimum atomic E-state index is -0.190. The summed E-state index contributed by atoms with van der Waals surface area (Å²) >= 11 is 2.20. The Labute approximate surface area is 145 Å². The van der Waals surface area contributed by atoms with Crippen molar-refractivity contribution in [1.29, 1.82) is 0 Å². The molecular weight excluding hydrogens is 409 g/mol. The number of carbonyl (C=O) groups is 1. The monoisotopic (exact) mass is 423 g/mol. The van der Waals surface area contributed by atoms with Crippen LogP contribution in [0.15, 0.2) is 41.6 Å². The van der Waals surface area contributed by atoms with Crippen LogP contribution in [-0.2, 0) is 18.4 Å². The highest BCUT2D eigenvalue weighted by atomic mass is 127. The van der Waals surface area contributed by atoms with Gasteiger partial charge in [-0.2, -0.15) is 5.10 Å². The molecule has 1 N–H and O–H groups in total. The molecule has 118 valence electrons. The molecule has 0 atom stereocenters. The van der Waals surface area contributed by atoms with E-state index in [1.54, 1.807) is 11.7 Å². The normalized spacial score (nSPS) is 10.9. The number of nitrogens with zero attached hydrogens (tertiary/aromatic N) is 4. The molecule has 0 saturated carbocycles. The first kappa shape index (κ1) is 15.7. The van der Waals surface area contributed by atoms with Gasteiger partial charge in [0.15, 0.2) is 5.65 Å². The van der Waals surface area contributed by atoms with Gasteiger partial charge >= 0.3 is 0 Å². The van der Waals surface area contributed by atoms with E-state index in [1.807, 2.05) is 24.3 Å². The predicted octanol–water partition coefficient (Wildman–Crippen LogP) is 1.76. The summed E-state index contributed by atoms with van der Waals surface area (Å²) < 4.78 is 4.07. The van der Waals surface area contributed by atoms with Crippen LogP contribution in [0, 0.1) is 3.57 Å². The van der Waals surface area contributed by atoms with Gasteiger partial charge in [-0.1, -0.05) is 0 Å². The van der Waals surface area contributed by atoms with E-state index in [9.17, 15) is 9.59 Å². The number of aromatic nitrogens is 4. The number of rotatable bonds is 4. The number of amides is 1. The number of benzene rings is 1. The number of aryl methyl sites for hydroxylation is 2. The molecule has 0 saturated heterocycles. The van der Waals surface area contributed by atoms with E-state index < -0.39 is 0 Å². The highest BCUT2D eigenvalue weighted by Gasteiger charge is 2.09. The van der Waals surface area contributed by atoms with Crippen molar-refractivity contribution in [1.82, 2.24) is 19.3 Å². The second kappa shape index (κ2) is 6.49. The van der Waals surface area contributed by atoms with Crippen molar-refractivity contribution in [2.45, 2.75) is 13.0 Å². The summed E-state index contributed by atoms with van der Waals surface area (Å²) in [5, 5.41) is 7.27. The molecule has 1 amide bonds. The fraction of sp³-hybridized carbons (Fsp3) is 0.200. The van der Waals surface area contributed by atoms with Gasteiger partial charge in [-0.15, -0.1) is 0 Å². The summed E-state index contributed by atoms with van der Waals surface area (Å²) in [6, 6.07) is 7.52. The molecule has 0 aliphatic carbocycles. The van der Waals surface area contributed by atoms with Gasteiger partial charge in [0.1, 0.15) is 5.39 Å². The summed E-state index contributed by atoms with van der Waals surface area (Å²) in [6.07, 6.45) is 3.14. The number of hydrogen-bond donors (Lipinski definition) is 1. The minimum Gasteiger partial charge on any atom is -0.326 e. The Hall–Kier alpha value is -2.23. The summed E-state index contributed by atoms with van der Waals surface area (Å²) in [4.78, 5) is 28.5. The van der Waals surface area contributed by atoms with Crippen LogP contribution >= 0.6 is 22.6 Å². The van der Waals surface area contributed by atoms with Crippen molar-refractivity contribution in [3.8, 4) is 0 Å². The lowest BCUT2D eigenvalue weighted by atomic mass is 10.3. The molecule has 0 unspecified atom stereocenters. The Balaban J connectivity index is 1.68. The van der Waals surface area contributed by atoms with Gasteiger partial charge in [-0.3, -0.25) is 18.8 Å². The number of nitrogens with one attached hydrogen (secondary N) is 1. The van der Waals surface area contributed by atoms with E-state index in [2.05, 4.69) is 38.0 Å². The Morgan fingerprint density at radius 3 is 2.78 bits per heavy atom. The molecule has 0 aliphatic rings. The highest BCUT2D eigenvalue weighted by molar-refractivity contribution is 14.1. The Morgan fingerprint density at radius 2 is 2.04 bits per heavy atom. The molecule has 0 radical (unpaired) electrons. The molecule has 0 spiro atoms. The maximum atomic E-state index is 12.3. The van der Waals surface area contributed by atoms with Crippen LogP contribution in [0.4, 0.5) is 5.69 Å². The quantitative estimate of drug-likeness (QED) is 0.649. The summed E-state index contributed by atoms with van der Waals surface area (Å²) in [7, 11) is 1.73. The largest absolute Gasteiger partial charge is 0.326 e. The lowest BCUT2D eigenvalue weighted by molar-refractivity contribution is -0.116. The third-order valence-corrected chi connectivity index (χ3v) is 4.15. The van der Waals surface area contributed by atoms with E-state index >= 15 is 0 Å². The van der Waals surface area contributed by atoms with Crippen LogP contribution in [0.5, 0.6) is 0 Å². The van der Waals surface area contributed by atoms with Crippen LogP contribution in [0.2, 0.25) is 0 Å². The first-order valence-electron chi connectivity index (χ1n) is 6.97. The Bertz CT molecular complexity index is 914. The third-order valence-electron chi connectivity index (χ3n) is 3.43. The number of anilines is 1. The molecule has 3 aromatic rings. The van der Waals surface area contributed by atoms with Crippen molar-refractivity contribution < 1.29 is 4.79 Å². The van der Waals surface area contributed by atoms with Crippen LogP contribution < -0.4 is 10.9 Å². The zero-order valence-corrected chi connectivity index (χ0v) is 14.5. The summed E-state index contributed by atoms with van der Waals surface area (Å²) in [5.74, 6) is -0.149. The van der Waals surface area contributed by atoms with Gasteiger partial charge in [0.05, 0.1) is 12.5 Å². The molecular formula is C15H14IN5O2. The fourth-order valence-corrected chi connectivity index (χ4v) is 2.56. The first-order chi connectivity index (χ1) is 11.0. The number of halogens is 1. The standard InChI is InChI=1S/C15H14IN5O2/c1-20-14-12(8-18-20)15(23)21(9-17-14)7-6-13(22)19-11-4-2-10(16)3-5-11/h2-5,8-9H,6-7H2,1H3,(H,19,22). The van der Waals surface area contributed by atoms with Crippen molar-refractivity contribution in [2.75, 3.05) is 5.32 Å². The zero-order valence-electron chi connectivity index (χ0n) is 12.4. The molecule has 0 bridgehead atoms. The van der Waals surface area contributed by atoms with Crippen molar-refractivity contribution in [2.24, 2.45) is 7.05 Å². The molecule has 0 aliphatic heterocycles. The molecule has 23 heavy (non-hydrogen) atoms. The van der Waals surface area contributed by atoms with Crippen LogP contribution in [0.25, 0.3) is 11.0 Å². The molecule has 2 heterocycles. The third kappa shape index (κ3) is 3.41. The second-order valence-electron chi connectivity index (χ2n) is 5.05. The average Bonchev–Trinajstić information content (AvgIpc) is 2.91. The van der Waals surface area contributed by atoms with E-state index in [0.717, 1.165) is 9.26 Å². The molecule has 2 aromatic heterocycles. The predicted molar refractivity (Wildman–Crippen MR) is 95.2 cm³/mol. The van der Waals surface area contributed by atoms with Gasteiger partial charge in [-0.05, 0) is 46.9 Å². The average molecular weight is 423 g/mol. The van der Waals surface area contributed by atoms with E-state index in [-0.39, 0.29) is 24.4 Å². The fourth-order valence-electron chi connectivity index (χ4n) is 2.20. The number of fused-ring (bicyclic) bond motifs is 1. The van der Waals surface area contributed by atoms with Crippen molar-refractivity contribution in [3.63, 3.8) is 0 Å². The molecule has 1 aromatic carbocycles. The smallest absolute Gasteiger partial charge is 0.264 e. The van der Waals surface area contributed by atoms with Gasteiger partial charge in [0.25, 0.3) is 5.56 Å². The van der Waals surface area contributed by atoms with Crippen LogP contribution in [0.1, 0.15) is 6.42 Å². The second-order valence-corrected chi connectivity index (χ2v) is 6.30. The van der Waals surface area contributed by atoms with Gasteiger partial charge < -0.3 is 5.32 Å². The highest BCUT2D eigenvalue weighted by Crippen LogP contribution is 2.11. The molecule has 0 fully saturated rings. The Kier molecular flexibility index (Phi) is 4.42. The van der Waals surface area contributed by atoms with Gasteiger partial charge in [-0.25, -0.2) is 4.98 Å². The van der Waals surface area contributed by atoms with Crippen LogP contribution in [0.3, 0.4) is 0 Å². The van der Waals surface area contributed by atoms with E-state index in [0.29, 0.717) is 11.0 Å². The molecule has 3 rings (SSSR count). The Morgan fingerprint density at radius 1 is 1.30 bits per heavy atom. The van der Waals surface area contributed by atoms with Crippen molar-refractivity contribution >= 4 is 45.2 Å². The SMILES string of the molecule is Cn1ncc2c(=O)n(CCC(=O)Nc3ccc(I)cc3)cnc21.